The van der Waals surface area contributed by atoms with Crippen molar-refractivity contribution in [1.82, 2.24) is 25.8 Å². The van der Waals surface area contributed by atoms with E-state index in [1.165, 1.54) is 31.3 Å². The second kappa shape index (κ2) is 6.95. The predicted molar refractivity (Wildman–Crippen MR) is 82.4 cm³/mol. The molecular formula is C16H17N5O2. The molecule has 1 fully saturated rings. The Bertz CT molecular complexity index is 699. The first kappa shape index (κ1) is 15.1. The van der Waals surface area contributed by atoms with E-state index in [1.807, 2.05) is 0 Å². The zero-order chi connectivity index (χ0) is 16.1. The third kappa shape index (κ3) is 3.68. The number of hydrogen-bond acceptors (Lipinski definition) is 5. The molecule has 2 aromatic rings. The quantitative estimate of drug-likeness (QED) is 0.839. The van der Waals surface area contributed by atoms with Crippen molar-refractivity contribution in [3.63, 3.8) is 0 Å². The molecule has 2 aromatic heterocycles. The van der Waals surface area contributed by atoms with Gasteiger partial charge in [-0.15, -0.1) is 0 Å². The number of rotatable bonds is 3. The molecule has 2 N–H and O–H groups in total. The Morgan fingerprint density at radius 1 is 0.957 bits per heavy atom. The summed E-state index contributed by atoms with van der Waals surface area (Å²) in [4.78, 5) is 36.4. The molecule has 0 spiro atoms. The van der Waals surface area contributed by atoms with Gasteiger partial charge in [0.25, 0.3) is 11.8 Å². The number of carbonyl (C=O) groups is 2. The van der Waals surface area contributed by atoms with Gasteiger partial charge >= 0.3 is 0 Å². The third-order valence-electron chi connectivity index (χ3n) is 3.86. The maximum absolute atomic E-state index is 12.1. The highest BCUT2D eigenvalue weighted by atomic mass is 16.2. The molecule has 0 radical (unpaired) electrons. The molecule has 0 aromatic carbocycles. The molecule has 1 saturated carbocycles. The molecule has 2 amide bonds. The second-order valence-electron chi connectivity index (χ2n) is 5.43. The van der Waals surface area contributed by atoms with E-state index in [1.54, 1.807) is 18.3 Å². The van der Waals surface area contributed by atoms with Crippen molar-refractivity contribution in [2.24, 2.45) is 0 Å². The molecule has 0 atom stereocenters. The van der Waals surface area contributed by atoms with E-state index in [2.05, 4.69) is 25.8 Å². The minimum atomic E-state index is -0.464. The highest BCUT2D eigenvalue weighted by molar-refractivity contribution is 5.98. The first-order valence-electron chi connectivity index (χ1n) is 7.57. The van der Waals surface area contributed by atoms with Crippen molar-refractivity contribution in [3.8, 4) is 0 Å². The average molecular weight is 311 g/mol. The van der Waals surface area contributed by atoms with Gasteiger partial charge in [0.05, 0.1) is 0 Å². The minimum absolute atomic E-state index is 0.247. The first-order valence-corrected chi connectivity index (χ1v) is 7.57. The van der Waals surface area contributed by atoms with Crippen molar-refractivity contribution >= 4 is 11.8 Å². The maximum Gasteiger partial charge on any atom is 0.288 e. The van der Waals surface area contributed by atoms with Crippen LogP contribution in [0.2, 0.25) is 0 Å². The number of pyridine rings is 1. The predicted octanol–water partition coefficient (Wildman–Crippen LogP) is 1.60. The van der Waals surface area contributed by atoms with Gasteiger partial charge in [0.2, 0.25) is 0 Å². The van der Waals surface area contributed by atoms with Crippen LogP contribution in [-0.2, 0) is 0 Å². The summed E-state index contributed by atoms with van der Waals surface area (Å²) in [5.74, 6) is 0.157. The van der Waals surface area contributed by atoms with Crippen LogP contribution in [0.5, 0.6) is 0 Å². The third-order valence-corrected chi connectivity index (χ3v) is 3.86. The molecule has 7 heteroatoms. The number of nitrogens with one attached hydrogen (secondary N) is 2. The second-order valence-corrected chi connectivity index (χ2v) is 5.43. The Balaban J connectivity index is 1.62. The van der Waals surface area contributed by atoms with E-state index >= 15 is 0 Å². The molecule has 118 valence electrons. The highest BCUT2D eigenvalue weighted by Crippen LogP contribution is 2.31. The summed E-state index contributed by atoms with van der Waals surface area (Å²) >= 11 is 0. The Hall–Kier alpha value is -2.83. The number of hydrazine groups is 1. The normalized spacial score (nSPS) is 14.4. The summed E-state index contributed by atoms with van der Waals surface area (Å²) in [6, 6.07) is 4.65. The summed E-state index contributed by atoms with van der Waals surface area (Å²) in [5, 5.41) is 0. The van der Waals surface area contributed by atoms with Crippen molar-refractivity contribution in [2.75, 3.05) is 0 Å². The molecule has 0 aliphatic heterocycles. The van der Waals surface area contributed by atoms with Gasteiger partial charge in [-0.25, -0.2) is 9.97 Å². The molecule has 1 aliphatic carbocycles. The van der Waals surface area contributed by atoms with Crippen LogP contribution >= 0.6 is 0 Å². The summed E-state index contributed by atoms with van der Waals surface area (Å²) in [6.07, 6.45) is 9.07. The average Bonchev–Trinajstić information content (AvgIpc) is 3.15. The highest BCUT2D eigenvalue weighted by Gasteiger charge is 2.21. The Morgan fingerprint density at radius 3 is 2.39 bits per heavy atom. The van der Waals surface area contributed by atoms with Crippen LogP contribution in [-0.4, -0.2) is 26.8 Å². The standard InChI is InChI=1S/C16H17N5O2/c22-15(12-5-8-17-9-6-12)20-21-16(23)13-7-10-18-14(19-13)11-3-1-2-4-11/h5-11H,1-4H2,(H,20,22)(H,21,23). The van der Waals surface area contributed by atoms with Crippen LogP contribution in [0.1, 0.15) is 58.3 Å². The number of carbonyl (C=O) groups excluding carboxylic acids is 2. The van der Waals surface area contributed by atoms with Gasteiger partial charge < -0.3 is 0 Å². The van der Waals surface area contributed by atoms with Gasteiger partial charge in [0.1, 0.15) is 11.5 Å². The van der Waals surface area contributed by atoms with E-state index < -0.39 is 11.8 Å². The smallest absolute Gasteiger partial charge is 0.267 e. The zero-order valence-corrected chi connectivity index (χ0v) is 12.5. The lowest BCUT2D eigenvalue weighted by Crippen LogP contribution is -2.42. The van der Waals surface area contributed by atoms with Gasteiger partial charge in [-0.3, -0.25) is 25.4 Å². The number of hydrogen-bond donors (Lipinski definition) is 2. The van der Waals surface area contributed by atoms with Gasteiger partial charge in [0.15, 0.2) is 0 Å². The van der Waals surface area contributed by atoms with E-state index in [0.717, 1.165) is 12.8 Å². The van der Waals surface area contributed by atoms with E-state index in [0.29, 0.717) is 17.3 Å². The summed E-state index contributed by atoms with van der Waals surface area (Å²) in [6.45, 7) is 0. The van der Waals surface area contributed by atoms with Gasteiger partial charge in [-0.05, 0) is 31.0 Å². The van der Waals surface area contributed by atoms with Crippen LogP contribution in [0.25, 0.3) is 0 Å². The van der Waals surface area contributed by atoms with Crippen molar-refractivity contribution in [2.45, 2.75) is 31.6 Å². The Labute approximate surface area is 133 Å². The van der Waals surface area contributed by atoms with Gasteiger partial charge in [-0.2, -0.15) is 0 Å². The molecule has 0 unspecified atom stereocenters. The molecule has 1 aliphatic rings. The summed E-state index contributed by atoms with van der Waals surface area (Å²) < 4.78 is 0. The van der Waals surface area contributed by atoms with E-state index in [-0.39, 0.29) is 5.69 Å². The Morgan fingerprint density at radius 2 is 1.65 bits per heavy atom. The van der Waals surface area contributed by atoms with Crippen LogP contribution in [0.3, 0.4) is 0 Å². The topological polar surface area (TPSA) is 96.9 Å². The largest absolute Gasteiger partial charge is 0.288 e. The summed E-state index contributed by atoms with van der Waals surface area (Å²) in [5.41, 5.74) is 5.38. The molecule has 0 bridgehead atoms. The van der Waals surface area contributed by atoms with E-state index in [4.69, 9.17) is 0 Å². The molecule has 2 heterocycles. The molecule has 23 heavy (non-hydrogen) atoms. The lowest BCUT2D eigenvalue weighted by molar-refractivity contribution is 0.0843. The SMILES string of the molecule is O=C(NNC(=O)c1ccnc(C2CCCC2)n1)c1ccncc1. The van der Waals surface area contributed by atoms with Gasteiger partial charge in [-0.1, -0.05) is 12.8 Å². The van der Waals surface area contributed by atoms with Crippen molar-refractivity contribution in [3.05, 3.63) is 53.9 Å². The van der Waals surface area contributed by atoms with Crippen LogP contribution in [0.4, 0.5) is 0 Å². The summed E-state index contributed by atoms with van der Waals surface area (Å²) in [7, 11) is 0. The molecular weight excluding hydrogens is 294 g/mol. The lowest BCUT2D eigenvalue weighted by Gasteiger charge is -2.10. The fraction of sp³-hybridized carbons (Fsp3) is 0.312. The van der Waals surface area contributed by atoms with E-state index in [9.17, 15) is 9.59 Å². The first-order chi connectivity index (χ1) is 11.2. The number of nitrogens with zero attached hydrogens (tertiary/aromatic N) is 3. The lowest BCUT2D eigenvalue weighted by atomic mass is 10.1. The zero-order valence-electron chi connectivity index (χ0n) is 12.5. The fourth-order valence-electron chi connectivity index (χ4n) is 2.63. The fourth-order valence-corrected chi connectivity index (χ4v) is 2.63. The molecule has 3 rings (SSSR count). The van der Waals surface area contributed by atoms with Crippen molar-refractivity contribution in [1.29, 1.82) is 0 Å². The molecule has 7 nitrogen and oxygen atoms in total. The van der Waals surface area contributed by atoms with Crippen LogP contribution in [0.15, 0.2) is 36.8 Å². The number of amides is 2. The maximum atomic E-state index is 12.1. The minimum Gasteiger partial charge on any atom is -0.267 e. The molecule has 0 saturated heterocycles. The van der Waals surface area contributed by atoms with Crippen molar-refractivity contribution < 1.29 is 9.59 Å². The number of aromatic nitrogens is 3. The monoisotopic (exact) mass is 311 g/mol. The Kier molecular flexibility index (Phi) is 4.56. The van der Waals surface area contributed by atoms with Gasteiger partial charge in [0, 0.05) is 30.1 Å². The van der Waals surface area contributed by atoms with Crippen LogP contribution in [0, 0.1) is 0 Å². The van der Waals surface area contributed by atoms with Crippen LogP contribution < -0.4 is 10.9 Å².